The summed E-state index contributed by atoms with van der Waals surface area (Å²) in [5.74, 6) is -1.86. The fourth-order valence-electron chi connectivity index (χ4n) is 5.70. The van der Waals surface area contributed by atoms with E-state index in [9.17, 15) is 24.6 Å². The van der Waals surface area contributed by atoms with Gasteiger partial charge in [0.15, 0.2) is 11.6 Å². The molecule has 5 N–H and O–H groups in total. The number of carbonyl (C=O) groups is 3. The van der Waals surface area contributed by atoms with Gasteiger partial charge in [0.1, 0.15) is 11.5 Å². The minimum atomic E-state index is -0.486. The number of aliphatic hydroxyl groups is 1. The van der Waals surface area contributed by atoms with E-state index in [1.165, 1.54) is 6.07 Å². The lowest BCUT2D eigenvalue weighted by Gasteiger charge is -2.43. The summed E-state index contributed by atoms with van der Waals surface area (Å²) in [6.07, 6.45) is 1.19. The maximum absolute atomic E-state index is 13.6. The Kier molecular flexibility index (Phi) is 5.66. The third kappa shape index (κ3) is 3.74. The topological polar surface area (TPSA) is 133 Å². The van der Waals surface area contributed by atoms with Crippen LogP contribution in [0.4, 0.5) is 5.69 Å². The van der Waals surface area contributed by atoms with Gasteiger partial charge in [-0.3, -0.25) is 14.4 Å². The molecule has 0 heterocycles. The van der Waals surface area contributed by atoms with Gasteiger partial charge in [-0.1, -0.05) is 12.2 Å². The van der Waals surface area contributed by atoms with Crippen molar-refractivity contribution in [1.82, 2.24) is 4.90 Å². The van der Waals surface area contributed by atoms with Crippen molar-refractivity contribution in [3.05, 3.63) is 58.0 Å². The number of carbonyl (C=O) groups excluding carboxylic acids is 3. The van der Waals surface area contributed by atoms with Crippen LogP contribution in [-0.2, 0) is 16.0 Å². The monoisotopic (exact) mass is 451 g/mol. The highest BCUT2D eigenvalue weighted by atomic mass is 16.3. The number of amides is 1. The van der Waals surface area contributed by atoms with E-state index in [2.05, 4.69) is 11.9 Å². The number of aromatic hydroxyl groups is 1. The van der Waals surface area contributed by atoms with Crippen molar-refractivity contribution in [3.8, 4) is 5.75 Å². The summed E-state index contributed by atoms with van der Waals surface area (Å²) in [5.41, 5.74) is 8.36. The number of nitrogens with zero attached hydrogens (tertiary/aromatic N) is 1. The van der Waals surface area contributed by atoms with Crippen LogP contribution in [-0.4, -0.2) is 53.2 Å². The zero-order valence-electron chi connectivity index (χ0n) is 19.1. The van der Waals surface area contributed by atoms with Gasteiger partial charge >= 0.3 is 0 Å². The fourth-order valence-corrected chi connectivity index (χ4v) is 5.70. The predicted octanol–water partition coefficient (Wildman–Crippen LogP) is 2.46. The van der Waals surface area contributed by atoms with Gasteiger partial charge in [-0.25, -0.2) is 0 Å². The first-order valence-electron chi connectivity index (χ1n) is 11.0. The molecular formula is C25H29N3O5. The lowest BCUT2D eigenvalue weighted by Crippen LogP contribution is -2.40. The number of likely N-dealkylation sites (N-methyl/N-ethyl adjacent to an activating group) is 1. The van der Waals surface area contributed by atoms with Gasteiger partial charge in [-0.15, -0.1) is 0 Å². The third-order valence-corrected chi connectivity index (χ3v) is 6.90. The summed E-state index contributed by atoms with van der Waals surface area (Å²) >= 11 is 0. The lowest BCUT2D eigenvalue weighted by atomic mass is 9.61. The highest BCUT2D eigenvalue weighted by Crippen LogP contribution is 2.51. The number of benzene rings is 1. The number of phenolic OH excluding ortho intramolecular Hbond substituents is 1. The molecule has 8 heteroatoms. The molecule has 0 aliphatic heterocycles. The molecule has 0 bridgehead atoms. The summed E-state index contributed by atoms with van der Waals surface area (Å²) in [4.78, 5) is 40.3. The number of nitrogens with one attached hydrogen (secondary N) is 1. The van der Waals surface area contributed by atoms with Crippen LogP contribution >= 0.6 is 0 Å². The molecule has 0 aromatic heterocycles. The Morgan fingerprint density at radius 2 is 1.94 bits per heavy atom. The number of Topliss-reactive ketones (excluding diaryl/α,β-unsaturated/α-hetero) is 2. The molecule has 0 radical (unpaired) electrons. The second kappa shape index (κ2) is 8.19. The average Bonchev–Trinajstić information content (AvgIpc) is 2.68. The maximum atomic E-state index is 13.6. The fraction of sp³-hybridized carbons (Fsp3) is 0.400. The number of aliphatic hydroxyl groups excluding tert-OH is 1. The third-order valence-electron chi connectivity index (χ3n) is 6.90. The predicted molar refractivity (Wildman–Crippen MR) is 124 cm³/mol. The van der Waals surface area contributed by atoms with Crippen LogP contribution in [0.2, 0.25) is 0 Å². The number of hydrogen-bond donors (Lipinski definition) is 4. The van der Waals surface area contributed by atoms with E-state index in [0.717, 1.165) is 0 Å². The normalized spacial score (nSPS) is 24.4. The van der Waals surface area contributed by atoms with Gasteiger partial charge in [-0.2, -0.15) is 0 Å². The second-order valence-electron chi connectivity index (χ2n) is 9.48. The standard InChI is InChI=1S/C25H29N3O5/c1-11-20-13(7-14-9-18(30)22(12(2)26)24(32)21(11)14)8-15-16(27-19(31)10-28(3)4)5-6-17(29)23(15)25(20)33/h5-6,13-14,21,29,32H,2,7-10,26H2,1,3-4H3,(H,27,31). The highest BCUT2D eigenvalue weighted by Gasteiger charge is 2.47. The number of fused-ring (bicyclic) bond motifs is 3. The van der Waals surface area contributed by atoms with E-state index in [-0.39, 0.29) is 70.6 Å². The van der Waals surface area contributed by atoms with E-state index in [1.54, 1.807) is 32.0 Å². The number of hydrogen-bond acceptors (Lipinski definition) is 7. The smallest absolute Gasteiger partial charge is 0.238 e. The summed E-state index contributed by atoms with van der Waals surface area (Å²) in [6.45, 7) is 5.60. The number of ketones is 2. The van der Waals surface area contributed by atoms with E-state index in [1.807, 2.05) is 0 Å². The van der Waals surface area contributed by atoms with Gasteiger partial charge < -0.3 is 26.2 Å². The molecule has 0 saturated carbocycles. The summed E-state index contributed by atoms with van der Waals surface area (Å²) in [7, 11) is 3.57. The van der Waals surface area contributed by atoms with E-state index >= 15 is 0 Å². The molecule has 1 aromatic rings. The SMILES string of the molecule is C=C(N)C1=C(O)C2C(C)=C3C(=O)c4c(O)ccc(NC(=O)CN(C)C)c4CC3CC2CC1=O. The molecule has 3 unspecified atom stereocenters. The van der Waals surface area contributed by atoms with Crippen LogP contribution in [0.3, 0.4) is 0 Å². The molecule has 1 amide bonds. The summed E-state index contributed by atoms with van der Waals surface area (Å²) in [6, 6.07) is 3.02. The van der Waals surface area contributed by atoms with Crippen molar-refractivity contribution in [2.24, 2.45) is 23.5 Å². The van der Waals surface area contributed by atoms with E-state index in [4.69, 9.17) is 5.73 Å². The van der Waals surface area contributed by atoms with E-state index in [0.29, 0.717) is 35.2 Å². The van der Waals surface area contributed by atoms with Crippen LogP contribution in [0.5, 0.6) is 5.75 Å². The van der Waals surface area contributed by atoms with Crippen molar-refractivity contribution in [3.63, 3.8) is 0 Å². The van der Waals surface area contributed by atoms with Crippen molar-refractivity contribution in [2.75, 3.05) is 26.0 Å². The van der Waals surface area contributed by atoms with Crippen LogP contribution < -0.4 is 11.1 Å². The Morgan fingerprint density at radius 3 is 2.58 bits per heavy atom. The van der Waals surface area contributed by atoms with Gasteiger partial charge in [0.2, 0.25) is 5.91 Å². The second-order valence-corrected chi connectivity index (χ2v) is 9.48. The first kappa shape index (κ1) is 22.8. The first-order chi connectivity index (χ1) is 15.5. The Hall–Kier alpha value is -3.39. The molecule has 3 aliphatic rings. The van der Waals surface area contributed by atoms with Crippen molar-refractivity contribution in [1.29, 1.82) is 0 Å². The molecule has 8 nitrogen and oxygen atoms in total. The molecular weight excluding hydrogens is 422 g/mol. The number of rotatable bonds is 4. The number of nitrogens with two attached hydrogens (primary N) is 1. The minimum absolute atomic E-state index is 0.0203. The minimum Gasteiger partial charge on any atom is -0.511 e. The Morgan fingerprint density at radius 1 is 1.24 bits per heavy atom. The zero-order chi connectivity index (χ0) is 24.2. The molecule has 33 heavy (non-hydrogen) atoms. The number of phenols is 1. The lowest BCUT2D eigenvalue weighted by molar-refractivity contribution is -0.118. The first-order valence-corrected chi connectivity index (χ1v) is 11.0. The molecule has 4 rings (SSSR count). The van der Waals surface area contributed by atoms with Crippen molar-refractivity contribution >= 4 is 23.2 Å². The number of anilines is 1. The quantitative estimate of drug-likeness (QED) is 0.517. The molecule has 0 saturated heterocycles. The number of allylic oxidation sites excluding steroid dienone is 3. The summed E-state index contributed by atoms with van der Waals surface area (Å²) < 4.78 is 0. The highest BCUT2D eigenvalue weighted by molar-refractivity contribution is 6.15. The van der Waals surface area contributed by atoms with Gasteiger partial charge in [0, 0.05) is 29.3 Å². The average molecular weight is 452 g/mol. The molecule has 3 aliphatic carbocycles. The van der Waals surface area contributed by atoms with Crippen molar-refractivity contribution in [2.45, 2.75) is 26.2 Å². The Balaban J connectivity index is 1.80. The Labute approximate surface area is 192 Å². The molecule has 0 fully saturated rings. The molecule has 174 valence electrons. The zero-order valence-corrected chi connectivity index (χ0v) is 19.1. The van der Waals surface area contributed by atoms with Crippen LogP contribution in [0, 0.1) is 17.8 Å². The summed E-state index contributed by atoms with van der Waals surface area (Å²) in [5, 5.41) is 24.3. The van der Waals surface area contributed by atoms with Gasteiger partial charge in [-0.05, 0) is 63.4 Å². The van der Waals surface area contributed by atoms with Gasteiger partial charge in [0.25, 0.3) is 0 Å². The largest absolute Gasteiger partial charge is 0.511 e. The van der Waals surface area contributed by atoms with E-state index < -0.39 is 5.92 Å². The maximum Gasteiger partial charge on any atom is 0.238 e. The van der Waals surface area contributed by atoms with Crippen LogP contribution in [0.25, 0.3) is 0 Å². The molecule has 3 atom stereocenters. The van der Waals surface area contributed by atoms with Crippen molar-refractivity contribution < 1.29 is 24.6 Å². The molecule has 1 aromatic carbocycles. The molecule has 0 spiro atoms. The Bertz CT molecular complexity index is 1160. The van der Waals surface area contributed by atoms with Crippen LogP contribution in [0.1, 0.15) is 35.7 Å². The van der Waals surface area contributed by atoms with Gasteiger partial charge in [0.05, 0.1) is 17.7 Å². The van der Waals surface area contributed by atoms with Crippen LogP contribution in [0.15, 0.2) is 46.9 Å².